The zero-order valence-corrected chi connectivity index (χ0v) is 26.1. The summed E-state index contributed by atoms with van der Waals surface area (Å²) in [4.78, 5) is 56.4. The molecule has 4 rings (SSSR count). The zero-order valence-electron chi connectivity index (χ0n) is 25.2. The van der Waals surface area contributed by atoms with Crippen LogP contribution in [0.4, 0.5) is 0 Å². The minimum Gasteiger partial charge on any atom is -0.492 e. The monoisotopic (exact) mass is 637 g/mol. The first-order chi connectivity index (χ1) is 21.5. The normalized spacial score (nSPS) is 15.0. The minimum absolute atomic E-state index is 0.0352. The molecule has 0 aromatic heterocycles. The van der Waals surface area contributed by atoms with Crippen molar-refractivity contribution in [1.29, 1.82) is 0 Å². The van der Waals surface area contributed by atoms with Crippen LogP contribution in [0, 0.1) is 5.92 Å². The number of hydrogen-bond donors (Lipinski definition) is 5. The fourth-order valence-electron chi connectivity index (χ4n) is 5.53. The lowest BCUT2D eigenvalue weighted by Crippen LogP contribution is -2.48. The highest BCUT2D eigenvalue weighted by Crippen LogP contribution is 2.37. The molecule has 0 spiro atoms. The van der Waals surface area contributed by atoms with Crippen molar-refractivity contribution in [3.8, 4) is 11.5 Å². The number of nitrogens with two attached hydrogens (primary N) is 1. The van der Waals surface area contributed by atoms with E-state index in [-0.39, 0.29) is 17.7 Å². The Bertz CT molecular complexity index is 1500. The van der Waals surface area contributed by atoms with Gasteiger partial charge in [0.05, 0.1) is 18.2 Å². The van der Waals surface area contributed by atoms with E-state index in [0.717, 1.165) is 18.4 Å². The van der Waals surface area contributed by atoms with Crippen LogP contribution < -0.4 is 25.6 Å². The summed E-state index contributed by atoms with van der Waals surface area (Å²) in [6.07, 6.45) is 6.26. The maximum Gasteiger partial charge on any atom is 0.524 e. The number of amides is 3. The summed E-state index contributed by atoms with van der Waals surface area (Å²) < 4.78 is 21.8. The van der Waals surface area contributed by atoms with E-state index >= 15 is 0 Å². The van der Waals surface area contributed by atoms with Gasteiger partial charge >= 0.3 is 7.82 Å². The van der Waals surface area contributed by atoms with E-state index < -0.39 is 37.6 Å². The molecule has 1 aliphatic carbocycles. The fourth-order valence-corrected chi connectivity index (χ4v) is 5.93. The standard InChI is InChI=1S/C33H40N3O8P/c1-22(37)35-30(19-24-12-15-27(16-13-24)44-45(40,41)42)33(39)36-29(18-23-8-4-2-5-9-23)26-14-17-31(28(20-26)32(34)38)43-21-25-10-6-3-7-11-25/h2,4-5,8-9,12-17,20,25,29-30H,3,6-7,10-11,18-19,21H2,1H3,(H2,34,38)(H,35,37)(H,36,39)(H2,40,41,42)/t29?,30-/m0/s1. The molecule has 0 radical (unpaired) electrons. The van der Waals surface area contributed by atoms with Crippen LogP contribution in [0.15, 0.2) is 72.8 Å². The number of phosphoric acid groups is 1. The molecule has 1 unspecified atom stereocenters. The molecule has 3 aromatic carbocycles. The summed E-state index contributed by atoms with van der Waals surface area (Å²) in [7, 11) is -4.72. The average molecular weight is 638 g/mol. The van der Waals surface area contributed by atoms with Crippen molar-refractivity contribution in [2.75, 3.05) is 6.61 Å². The third-order valence-electron chi connectivity index (χ3n) is 7.75. The van der Waals surface area contributed by atoms with Crippen LogP contribution in [0.1, 0.15) is 72.1 Å². The zero-order chi connectivity index (χ0) is 32.4. The van der Waals surface area contributed by atoms with Gasteiger partial charge in [-0.05, 0) is 66.1 Å². The van der Waals surface area contributed by atoms with Gasteiger partial charge in [0.2, 0.25) is 11.8 Å². The van der Waals surface area contributed by atoms with Gasteiger partial charge in [-0.3, -0.25) is 24.2 Å². The molecule has 45 heavy (non-hydrogen) atoms. The molecule has 0 saturated heterocycles. The van der Waals surface area contributed by atoms with E-state index in [4.69, 9.17) is 20.3 Å². The van der Waals surface area contributed by atoms with Crippen LogP contribution in [0.3, 0.4) is 0 Å². The van der Waals surface area contributed by atoms with Crippen molar-refractivity contribution in [2.45, 2.75) is 64.0 Å². The Kier molecular flexibility index (Phi) is 11.8. The second-order valence-electron chi connectivity index (χ2n) is 11.4. The molecular formula is C33H40N3O8P. The van der Waals surface area contributed by atoms with E-state index in [1.165, 1.54) is 38.3 Å². The van der Waals surface area contributed by atoms with Crippen molar-refractivity contribution in [3.05, 3.63) is 95.1 Å². The van der Waals surface area contributed by atoms with Crippen molar-refractivity contribution < 1.29 is 38.0 Å². The predicted molar refractivity (Wildman–Crippen MR) is 168 cm³/mol. The van der Waals surface area contributed by atoms with Crippen LogP contribution in [-0.2, 0) is 27.0 Å². The molecule has 240 valence electrons. The third kappa shape index (κ3) is 10.7. The first kappa shape index (κ1) is 33.7. The minimum atomic E-state index is -4.72. The van der Waals surface area contributed by atoms with Gasteiger partial charge in [-0.2, -0.15) is 0 Å². The molecule has 0 bridgehead atoms. The van der Waals surface area contributed by atoms with Gasteiger partial charge in [0.25, 0.3) is 5.91 Å². The maximum absolute atomic E-state index is 13.7. The number of primary amides is 1. The molecule has 1 saturated carbocycles. The van der Waals surface area contributed by atoms with Gasteiger partial charge in [-0.1, -0.05) is 67.8 Å². The second kappa shape index (κ2) is 15.7. The first-order valence-corrected chi connectivity index (χ1v) is 16.5. The second-order valence-corrected chi connectivity index (χ2v) is 12.5. The molecule has 1 aliphatic rings. The van der Waals surface area contributed by atoms with Crippen molar-refractivity contribution >= 4 is 25.5 Å². The molecule has 6 N–H and O–H groups in total. The van der Waals surface area contributed by atoms with Crippen molar-refractivity contribution in [1.82, 2.24) is 10.6 Å². The quantitative estimate of drug-likeness (QED) is 0.162. The van der Waals surface area contributed by atoms with Gasteiger partial charge in [0, 0.05) is 13.3 Å². The lowest BCUT2D eigenvalue weighted by atomic mass is 9.90. The number of ether oxygens (including phenoxy) is 1. The highest BCUT2D eigenvalue weighted by Gasteiger charge is 2.26. The lowest BCUT2D eigenvalue weighted by molar-refractivity contribution is -0.128. The molecule has 0 heterocycles. The van der Waals surface area contributed by atoms with Crippen LogP contribution in [0.5, 0.6) is 11.5 Å². The Hall–Kier alpha value is -4.18. The van der Waals surface area contributed by atoms with E-state index in [1.54, 1.807) is 24.3 Å². The Balaban J connectivity index is 1.56. The summed E-state index contributed by atoms with van der Waals surface area (Å²) in [5.74, 6) is -0.699. The Morgan fingerprint density at radius 1 is 0.911 bits per heavy atom. The van der Waals surface area contributed by atoms with Gasteiger partial charge in [-0.15, -0.1) is 0 Å². The Morgan fingerprint density at radius 2 is 1.58 bits per heavy atom. The highest BCUT2D eigenvalue weighted by atomic mass is 31.2. The molecule has 3 aromatic rings. The summed E-state index contributed by atoms with van der Waals surface area (Å²) in [5, 5.41) is 5.73. The highest BCUT2D eigenvalue weighted by molar-refractivity contribution is 7.46. The van der Waals surface area contributed by atoms with Crippen LogP contribution >= 0.6 is 7.82 Å². The number of rotatable bonds is 14. The molecule has 3 amide bonds. The van der Waals surface area contributed by atoms with Crippen molar-refractivity contribution in [3.63, 3.8) is 0 Å². The summed E-state index contributed by atoms with van der Waals surface area (Å²) in [6, 6.07) is 19.0. The van der Waals surface area contributed by atoms with E-state index in [0.29, 0.717) is 35.8 Å². The summed E-state index contributed by atoms with van der Waals surface area (Å²) >= 11 is 0. The average Bonchev–Trinajstić information content (AvgIpc) is 3.00. The third-order valence-corrected chi connectivity index (χ3v) is 8.20. The number of benzene rings is 3. The van der Waals surface area contributed by atoms with E-state index in [9.17, 15) is 18.9 Å². The largest absolute Gasteiger partial charge is 0.524 e. The Morgan fingerprint density at radius 3 is 2.20 bits per heavy atom. The van der Waals surface area contributed by atoms with Gasteiger partial charge in [-0.25, -0.2) is 4.57 Å². The molecule has 11 nitrogen and oxygen atoms in total. The Labute approximate surface area is 262 Å². The van der Waals surface area contributed by atoms with Crippen LogP contribution in [0.2, 0.25) is 0 Å². The molecule has 12 heteroatoms. The molecular weight excluding hydrogens is 597 g/mol. The number of nitrogens with one attached hydrogen (secondary N) is 2. The summed E-state index contributed by atoms with van der Waals surface area (Å²) in [5.41, 5.74) is 8.21. The van der Waals surface area contributed by atoms with Gasteiger partial charge in [0.1, 0.15) is 17.5 Å². The number of phosphoric ester groups is 1. The SMILES string of the molecule is CC(=O)N[C@@H](Cc1ccc(OP(=O)(O)O)cc1)C(=O)NC(Cc1ccccc1)c1ccc(OCC2CCCCC2)c(C(N)=O)c1. The van der Waals surface area contributed by atoms with Crippen LogP contribution in [-0.4, -0.2) is 40.2 Å². The van der Waals surface area contributed by atoms with Gasteiger partial charge in [0.15, 0.2) is 0 Å². The smallest absolute Gasteiger partial charge is 0.492 e. The van der Waals surface area contributed by atoms with E-state index in [1.807, 2.05) is 36.4 Å². The van der Waals surface area contributed by atoms with Crippen LogP contribution in [0.25, 0.3) is 0 Å². The van der Waals surface area contributed by atoms with E-state index in [2.05, 4.69) is 15.2 Å². The van der Waals surface area contributed by atoms with Crippen molar-refractivity contribution in [2.24, 2.45) is 11.7 Å². The lowest BCUT2D eigenvalue weighted by Gasteiger charge is -2.25. The number of hydrogen-bond acceptors (Lipinski definition) is 6. The fraction of sp³-hybridized carbons (Fsp3) is 0.364. The topological polar surface area (TPSA) is 177 Å². The molecule has 0 aliphatic heterocycles. The molecule has 2 atom stereocenters. The first-order valence-electron chi connectivity index (χ1n) is 15.0. The number of carbonyl (C=O) groups excluding carboxylic acids is 3. The summed E-state index contributed by atoms with van der Waals surface area (Å²) in [6.45, 7) is 1.82. The predicted octanol–water partition coefficient (Wildman–Crippen LogP) is 4.36. The van der Waals surface area contributed by atoms with Gasteiger partial charge < -0.3 is 25.6 Å². The number of carbonyl (C=O) groups is 3. The maximum atomic E-state index is 13.7. The molecule has 1 fully saturated rings.